The van der Waals surface area contributed by atoms with E-state index in [0.29, 0.717) is 5.52 Å². The highest BCUT2D eigenvalue weighted by atomic mass is 32.2. The molecule has 0 saturated carbocycles. The fourth-order valence-corrected chi connectivity index (χ4v) is 4.21. The largest absolute Gasteiger partial charge is 0.351 e. The Morgan fingerprint density at radius 3 is 2.64 bits per heavy atom. The highest BCUT2D eigenvalue weighted by molar-refractivity contribution is 7.92. The molecule has 2 amide bonds. The van der Waals surface area contributed by atoms with Crippen molar-refractivity contribution in [3.8, 4) is 0 Å². The first kappa shape index (κ1) is 18.2. The molecule has 3 aromatic rings. The van der Waals surface area contributed by atoms with Crippen molar-refractivity contribution in [2.24, 2.45) is 7.05 Å². The third-order valence-electron chi connectivity index (χ3n) is 4.64. The minimum atomic E-state index is -4.02. The van der Waals surface area contributed by atoms with E-state index in [4.69, 9.17) is 0 Å². The van der Waals surface area contributed by atoms with Gasteiger partial charge in [-0.05, 0) is 18.2 Å². The van der Waals surface area contributed by atoms with Crippen LogP contribution in [0.3, 0.4) is 0 Å². The van der Waals surface area contributed by atoms with Crippen LogP contribution < -0.4 is 4.72 Å². The Kier molecular flexibility index (Phi) is 4.18. The number of halogens is 1. The first-order valence-electron chi connectivity index (χ1n) is 8.40. The second-order valence-corrected chi connectivity index (χ2v) is 8.10. The average Bonchev–Trinajstić information content (AvgIpc) is 3.36. The van der Waals surface area contributed by atoms with Gasteiger partial charge in [0.2, 0.25) is 11.8 Å². The summed E-state index contributed by atoms with van der Waals surface area (Å²) in [5, 5.41) is -0.0997. The van der Waals surface area contributed by atoms with Gasteiger partial charge in [0.1, 0.15) is 5.52 Å². The van der Waals surface area contributed by atoms with Crippen molar-refractivity contribution in [2.75, 3.05) is 4.72 Å². The van der Waals surface area contributed by atoms with Gasteiger partial charge in [0.05, 0.1) is 24.1 Å². The number of imide groups is 1. The van der Waals surface area contributed by atoms with Gasteiger partial charge in [-0.1, -0.05) is 0 Å². The summed E-state index contributed by atoms with van der Waals surface area (Å²) in [5.74, 6) is -1.64. The van der Waals surface area contributed by atoms with Gasteiger partial charge in [0.15, 0.2) is 10.8 Å². The number of imidazole rings is 1. The van der Waals surface area contributed by atoms with Crippen LogP contribution in [0.4, 0.5) is 10.1 Å². The molecule has 9 nitrogen and oxygen atoms in total. The van der Waals surface area contributed by atoms with Crippen LogP contribution in [-0.2, 0) is 33.2 Å². The molecule has 1 aliphatic heterocycles. The number of nitrogens with zero attached hydrogens (tertiary/aromatic N) is 3. The number of aromatic amines is 1. The van der Waals surface area contributed by atoms with Gasteiger partial charge in [-0.3, -0.25) is 19.2 Å². The van der Waals surface area contributed by atoms with Crippen molar-refractivity contribution in [1.29, 1.82) is 0 Å². The molecule has 2 N–H and O–H groups in total. The number of nitrogens with one attached hydrogen (secondary N) is 2. The molecule has 0 bridgehead atoms. The Hall–Kier alpha value is -3.21. The molecule has 2 aromatic heterocycles. The van der Waals surface area contributed by atoms with Crippen molar-refractivity contribution in [1.82, 2.24) is 19.4 Å². The molecule has 4 rings (SSSR count). The van der Waals surface area contributed by atoms with Crippen molar-refractivity contribution >= 4 is 38.6 Å². The summed E-state index contributed by atoms with van der Waals surface area (Å²) in [6, 6.07) is 4.31. The number of likely N-dealkylation sites (tertiary alicyclic amines) is 1. The van der Waals surface area contributed by atoms with Crippen LogP contribution in [0.2, 0.25) is 0 Å². The third kappa shape index (κ3) is 2.93. The zero-order valence-corrected chi connectivity index (χ0v) is 15.6. The first-order chi connectivity index (χ1) is 13.3. The third-order valence-corrected chi connectivity index (χ3v) is 5.96. The van der Waals surface area contributed by atoms with Crippen LogP contribution in [0.1, 0.15) is 18.4 Å². The predicted octanol–water partition coefficient (Wildman–Crippen LogP) is 1.49. The predicted molar refractivity (Wildman–Crippen MR) is 97.1 cm³/mol. The second-order valence-electron chi connectivity index (χ2n) is 6.45. The highest BCUT2D eigenvalue weighted by Crippen LogP contribution is 2.31. The van der Waals surface area contributed by atoms with Crippen LogP contribution in [0.15, 0.2) is 35.7 Å². The molecule has 146 valence electrons. The molecule has 11 heteroatoms. The van der Waals surface area contributed by atoms with Gasteiger partial charge in [-0.15, -0.1) is 0 Å². The fraction of sp³-hybridized carbons (Fsp3) is 0.235. The molecule has 1 saturated heterocycles. The molecular weight excluding hydrogens is 389 g/mol. The maximum Gasteiger partial charge on any atom is 0.277 e. The molecule has 28 heavy (non-hydrogen) atoms. The van der Waals surface area contributed by atoms with Crippen LogP contribution in [0.25, 0.3) is 11.0 Å². The molecule has 0 aliphatic carbocycles. The van der Waals surface area contributed by atoms with Crippen LogP contribution in [0, 0.1) is 5.82 Å². The molecule has 3 heterocycles. The van der Waals surface area contributed by atoms with E-state index >= 15 is 4.39 Å². The summed E-state index contributed by atoms with van der Waals surface area (Å²) in [6.07, 6.45) is 2.94. The number of hydrogen-bond donors (Lipinski definition) is 2. The fourth-order valence-electron chi connectivity index (χ4n) is 3.15. The number of amides is 2. The number of fused-ring (bicyclic) bond motifs is 1. The number of rotatable bonds is 5. The normalized spacial score (nSPS) is 15.0. The number of carbonyl (C=O) groups is 2. The summed E-state index contributed by atoms with van der Waals surface area (Å²) in [5.41, 5.74) is 0.213. The minimum Gasteiger partial charge on any atom is -0.351 e. The van der Waals surface area contributed by atoms with Crippen LogP contribution in [-0.4, -0.2) is 39.7 Å². The molecule has 0 radical (unpaired) electrons. The monoisotopic (exact) mass is 405 g/mol. The first-order valence-corrected chi connectivity index (χ1v) is 9.88. The van der Waals surface area contributed by atoms with Gasteiger partial charge in [-0.2, -0.15) is 8.42 Å². The summed E-state index contributed by atoms with van der Waals surface area (Å²) in [4.78, 5) is 31.4. The lowest BCUT2D eigenvalue weighted by Gasteiger charge is -2.18. The van der Waals surface area contributed by atoms with Gasteiger partial charge in [-0.25, -0.2) is 9.37 Å². The molecule has 0 spiro atoms. The van der Waals surface area contributed by atoms with Gasteiger partial charge in [0, 0.05) is 31.6 Å². The molecule has 0 unspecified atom stereocenters. The summed E-state index contributed by atoms with van der Waals surface area (Å²) < 4.78 is 44.3. The van der Waals surface area contributed by atoms with E-state index in [1.54, 1.807) is 11.6 Å². The quantitative estimate of drug-likeness (QED) is 0.624. The molecule has 0 atom stereocenters. The maximum absolute atomic E-state index is 15.2. The lowest BCUT2D eigenvalue weighted by Crippen LogP contribution is -2.29. The maximum atomic E-state index is 15.2. The van der Waals surface area contributed by atoms with Crippen LogP contribution in [0.5, 0.6) is 0 Å². The number of aryl methyl sites for hydroxylation is 1. The number of benzene rings is 1. The van der Waals surface area contributed by atoms with Crippen molar-refractivity contribution in [3.63, 3.8) is 0 Å². The molecule has 1 aromatic carbocycles. The van der Waals surface area contributed by atoms with E-state index in [1.807, 2.05) is 0 Å². The van der Waals surface area contributed by atoms with Gasteiger partial charge in [0.25, 0.3) is 10.0 Å². The zero-order valence-electron chi connectivity index (χ0n) is 14.8. The number of carbonyl (C=O) groups excluding carboxylic acids is 2. The topological polar surface area (TPSA) is 117 Å². The summed E-state index contributed by atoms with van der Waals surface area (Å²) in [7, 11) is -2.38. The minimum absolute atomic E-state index is 0.0272. The number of aromatic nitrogens is 3. The molecule has 1 fully saturated rings. The number of hydrogen-bond acceptors (Lipinski definition) is 5. The Balaban J connectivity index is 1.84. The zero-order chi connectivity index (χ0) is 20.1. The molecular formula is C17H16FN5O4S. The standard InChI is InChI=1S/C17H16FN5O4S/c1-22-9-20-17-12(22)7-11(21-28(26,27)13-3-2-6-19-13)10(16(17)18)8-23-14(24)4-5-15(23)25/h2-3,6-7,9,19,21H,4-5,8H2,1H3. The van der Waals surface area contributed by atoms with Crippen molar-refractivity contribution in [2.45, 2.75) is 24.4 Å². The van der Waals surface area contributed by atoms with Gasteiger partial charge >= 0.3 is 0 Å². The van der Waals surface area contributed by atoms with Gasteiger partial charge < -0.3 is 9.55 Å². The molecule has 1 aliphatic rings. The second kappa shape index (κ2) is 6.44. The summed E-state index contributed by atoms with van der Waals surface area (Å²) >= 11 is 0. The highest BCUT2D eigenvalue weighted by Gasteiger charge is 2.32. The van der Waals surface area contributed by atoms with E-state index in [9.17, 15) is 18.0 Å². The van der Waals surface area contributed by atoms with E-state index < -0.39 is 27.7 Å². The lowest BCUT2D eigenvalue weighted by atomic mass is 10.1. The Morgan fingerprint density at radius 1 is 1.29 bits per heavy atom. The number of H-pyrrole nitrogens is 1. The Labute approximate surface area is 159 Å². The van der Waals surface area contributed by atoms with E-state index in [-0.39, 0.29) is 41.2 Å². The average molecular weight is 405 g/mol. The Morgan fingerprint density at radius 2 is 2.00 bits per heavy atom. The van der Waals surface area contributed by atoms with E-state index in [1.165, 1.54) is 30.7 Å². The smallest absolute Gasteiger partial charge is 0.277 e. The van der Waals surface area contributed by atoms with Crippen molar-refractivity contribution in [3.05, 3.63) is 42.1 Å². The van der Waals surface area contributed by atoms with E-state index in [2.05, 4.69) is 14.7 Å². The van der Waals surface area contributed by atoms with Crippen molar-refractivity contribution < 1.29 is 22.4 Å². The Bertz CT molecular complexity index is 1180. The SMILES string of the molecule is Cn1cnc2c(F)c(CN3C(=O)CCC3=O)c(NS(=O)(=O)c3ccc[nH]3)cc21. The lowest BCUT2D eigenvalue weighted by molar-refractivity contribution is -0.139. The van der Waals surface area contributed by atoms with Crippen LogP contribution >= 0.6 is 0 Å². The number of sulfonamides is 1. The number of anilines is 1. The van der Waals surface area contributed by atoms with E-state index in [0.717, 1.165) is 4.90 Å². The summed E-state index contributed by atoms with van der Waals surface area (Å²) in [6.45, 7) is -0.376.